The van der Waals surface area contributed by atoms with Gasteiger partial charge in [0.15, 0.2) is 0 Å². The number of rotatable bonds is 7. The van der Waals surface area contributed by atoms with E-state index in [1.807, 2.05) is 27.8 Å². The van der Waals surface area contributed by atoms with Crippen molar-refractivity contribution in [2.75, 3.05) is 5.32 Å². The first-order valence-electron chi connectivity index (χ1n) is 11.7. The van der Waals surface area contributed by atoms with E-state index in [0.717, 1.165) is 17.3 Å². The molecule has 0 fully saturated rings. The number of nitrogens with zero attached hydrogens (tertiary/aromatic N) is 6. The Morgan fingerprint density at radius 1 is 1.16 bits per heavy atom. The summed E-state index contributed by atoms with van der Waals surface area (Å²) in [6.07, 6.45) is 0.0307. The first kappa shape index (κ1) is 27.3. The minimum atomic E-state index is -4.69. The molecule has 0 aliphatic rings. The number of alkyl halides is 3. The number of carbonyl (C=O) groups excluding carboxylic acids is 1. The van der Waals surface area contributed by atoms with Crippen LogP contribution >= 0.6 is 11.6 Å². The Kier molecular flexibility index (Phi) is 7.56. The summed E-state index contributed by atoms with van der Waals surface area (Å²) in [7, 11) is 1.82. The number of hydrogen-bond donors (Lipinski definition) is 2. The van der Waals surface area contributed by atoms with Gasteiger partial charge in [-0.05, 0) is 37.6 Å². The Labute approximate surface area is 222 Å². The van der Waals surface area contributed by atoms with E-state index in [9.17, 15) is 18.0 Å². The van der Waals surface area contributed by atoms with E-state index in [1.54, 1.807) is 30.1 Å². The monoisotopic (exact) mass is 546 g/mol. The van der Waals surface area contributed by atoms with Gasteiger partial charge in [-0.15, -0.1) is 5.10 Å². The van der Waals surface area contributed by atoms with Crippen molar-refractivity contribution in [3.8, 4) is 16.9 Å². The predicted molar refractivity (Wildman–Crippen MR) is 137 cm³/mol. The molecule has 4 aromatic rings. The molecule has 38 heavy (non-hydrogen) atoms. The molecule has 9 nitrogen and oxygen atoms in total. The molecular formula is C25H26ClF3N8O. The summed E-state index contributed by atoms with van der Waals surface area (Å²) in [6.45, 7) is 7.48. The fourth-order valence-corrected chi connectivity index (χ4v) is 4.02. The minimum Gasteiger partial charge on any atom is -0.322 e. The lowest BCUT2D eigenvalue weighted by molar-refractivity contribution is -0.137. The summed E-state index contributed by atoms with van der Waals surface area (Å²) in [5.74, 6) is -0.639. The first-order chi connectivity index (χ1) is 17.8. The van der Waals surface area contributed by atoms with Crippen molar-refractivity contribution in [2.24, 2.45) is 7.05 Å². The van der Waals surface area contributed by atoms with Crippen molar-refractivity contribution in [3.63, 3.8) is 0 Å². The summed E-state index contributed by atoms with van der Waals surface area (Å²) >= 11 is 6.06. The molecule has 0 saturated heterocycles. The molecule has 0 spiro atoms. The van der Waals surface area contributed by atoms with Gasteiger partial charge in [0.25, 0.3) is 5.91 Å². The maximum absolute atomic E-state index is 13.7. The summed E-state index contributed by atoms with van der Waals surface area (Å²) < 4.78 is 44.2. The molecular weight excluding hydrogens is 521 g/mol. The fraction of sp³-hybridized carbons (Fsp3) is 0.320. The zero-order valence-electron chi connectivity index (χ0n) is 21.4. The number of halogens is 4. The van der Waals surface area contributed by atoms with E-state index in [-0.39, 0.29) is 29.4 Å². The van der Waals surface area contributed by atoms with Gasteiger partial charge in [0.05, 0.1) is 39.9 Å². The predicted octanol–water partition coefficient (Wildman–Crippen LogP) is 5.10. The number of nitrogens with one attached hydrogen (secondary N) is 2. The molecule has 0 aliphatic heterocycles. The van der Waals surface area contributed by atoms with Crippen molar-refractivity contribution in [1.82, 2.24) is 35.1 Å². The second-order valence-electron chi connectivity index (χ2n) is 9.13. The Morgan fingerprint density at radius 2 is 1.89 bits per heavy atom. The second-order valence-corrected chi connectivity index (χ2v) is 9.51. The second kappa shape index (κ2) is 10.5. The fourth-order valence-electron chi connectivity index (χ4n) is 3.74. The van der Waals surface area contributed by atoms with E-state index < -0.39 is 22.7 Å². The van der Waals surface area contributed by atoms with Gasteiger partial charge in [-0.1, -0.05) is 30.7 Å². The van der Waals surface area contributed by atoms with Crippen LogP contribution in [0.5, 0.6) is 0 Å². The lowest BCUT2D eigenvalue weighted by Gasteiger charge is -2.17. The summed E-state index contributed by atoms with van der Waals surface area (Å²) in [6, 6.07) is 3.82. The van der Waals surface area contributed by atoms with Crippen molar-refractivity contribution in [3.05, 3.63) is 69.9 Å². The number of amides is 1. The number of benzene rings is 1. The molecule has 2 N–H and O–H groups in total. The molecule has 3 heterocycles. The average Bonchev–Trinajstić information content (AvgIpc) is 3.45. The molecule has 0 saturated carbocycles. The van der Waals surface area contributed by atoms with Crippen LogP contribution in [0.4, 0.5) is 18.9 Å². The number of carbonyl (C=O) groups is 1. The largest absolute Gasteiger partial charge is 0.417 e. The van der Waals surface area contributed by atoms with Crippen LogP contribution in [0.3, 0.4) is 0 Å². The highest BCUT2D eigenvalue weighted by Crippen LogP contribution is 2.38. The first-order valence-corrected chi connectivity index (χ1v) is 12.1. The molecule has 0 radical (unpaired) electrons. The Hall–Kier alpha value is -3.77. The highest BCUT2D eigenvalue weighted by molar-refractivity contribution is 6.32. The maximum atomic E-state index is 13.7. The van der Waals surface area contributed by atoms with Crippen molar-refractivity contribution < 1.29 is 18.0 Å². The van der Waals surface area contributed by atoms with E-state index in [1.165, 1.54) is 16.9 Å². The maximum Gasteiger partial charge on any atom is 0.417 e. The average molecular weight is 547 g/mol. The number of pyridine rings is 1. The Bertz CT molecular complexity index is 1490. The Morgan fingerprint density at radius 3 is 2.53 bits per heavy atom. The third kappa shape index (κ3) is 5.70. The lowest BCUT2D eigenvalue weighted by Crippen LogP contribution is -2.23. The lowest BCUT2D eigenvalue weighted by atomic mass is 10.1. The van der Waals surface area contributed by atoms with Crippen molar-refractivity contribution in [1.29, 1.82) is 0 Å². The van der Waals surface area contributed by atoms with E-state index >= 15 is 0 Å². The normalized spacial score (nSPS) is 11.8. The van der Waals surface area contributed by atoms with Crippen LogP contribution in [0, 0.1) is 13.8 Å². The molecule has 0 atom stereocenters. The minimum absolute atomic E-state index is 0.0232. The van der Waals surface area contributed by atoms with Crippen LogP contribution in [0.1, 0.15) is 46.7 Å². The zero-order valence-corrected chi connectivity index (χ0v) is 22.1. The number of hydrogen-bond acceptors (Lipinski definition) is 6. The van der Waals surface area contributed by atoms with Gasteiger partial charge in [-0.25, -0.2) is 4.68 Å². The third-order valence-corrected chi connectivity index (χ3v) is 6.43. The summed E-state index contributed by atoms with van der Waals surface area (Å²) in [5, 5.41) is 17.8. The molecule has 1 amide bonds. The van der Waals surface area contributed by atoms with Gasteiger partial charge in [-0.3, -0.25) is 14.5 Å². The van der Waals surface area contributed by atoms with Crippen molar-refractivity contribution >= 4 is 23.2 Å². The molecule has 1 aromatic carbocycles. The van der Waals surface area contributed by atoms with Gasteiger partial charge < -0.3 is 10.6 Å². The quantitative estimate of drug-likeness (QED) is 0.334. The number of aryl methyl sites for hydroxylation is 2. The molecule has 0 bridgehead atoms. The molecule has 3 aromatic heterocycles. The van der Waals surface area contributed by atoms with Crippen molar-refractivity contribution in [2.45, 2.75) is 46.5 Å². The van der Waals surface area contributed by atoms with Gasteiger partial charge in [0.1, 0.15) is 5.69 Å². The van der Waals surface area contributed by atoms with Crippen LogP contribution in [0.25, 0.3) is 16.9 Å². The van der Waals surface area contributed by atoms with E-state index in [2.05, 4.69) is 31.0 Å². The highest BCUT2D eigenvalue weighted by Gasteiger charge is 2.35. The van der Waals surface area contributed by atoms with Crippen LogP contribution in [0.2, 0.25) is 5.02 Å². The molecule has 0 unspecified atom stereocenters. The smallest absolute Gasteiger partial charge is 0.322 e. The van der Waals surface area contributed by atoms with Crippen LogP contribution in [-0.4, -0.2) is 41.7 Å². The van der Waals surface area contributed by atoms with Crippen LogP contribution in [-0.2, 0) is 19.8 Å². The number of aromatic nitrogens is 6. The Balaban J connectivity index is 1.64. The van der Waals surface area contributed by atoms with Gasteiger partial charge in [0, 0.05) is 42.8 Å². The van der Waals surface area contributed by atoms with Gasteiger partial charge in [0.2, 0.25) is 0 Å². The van der Waals surface area contributed by atoms with Crippen LogP contribution in [0.15, 0.2) is 36.8 Å². The summed E-state index contributed by atoms with van der Waals surface area (Å²) in [5.41, 5.74) is 2.66. The molecule has 200 valence electrons. The molecule has 13 heteroatoms. The van der Waals surface area contributed by atoms with Gasteiger partial charge in [-0.2, -0.15) is 18.3 Å². The van der Waals surface area contributed by atoms with Crippen LogP contribution < -0.4 is 10.6 Å². The van der Waals surface area contributed by atoms with E-state index in [0.29, 0.717) is 17.1 Å². The summed E-state index contributed by atoms with van der Waals surface area (Å²) in [4.78, 5) is 17.4. The molecule has 0 aliphatic carbocycles. The third-order valence-electron chi connectivity index (χ3n) is 5.99. The van der Waals surface area contributed by atoms with Gasteiger partial charge >= 0.3 is 6.18 Å². The topological polar surface area (TPSA) is 103 Å². The standard InChI is InChI=1S/C25H26ClF3N8O/c1-13(2)30-9-16-6-18(8-20(23(16)26)25(27,28)29)33-24(38)17-7-22(14(3)31-10-17)37-12-21(34-35-37)19-11-32-36(5)15(19)4/h6-8,10-13,30H,9H2,1-5H3,(H,33,38). The highest BCUT2D eigenvalue weighted by atomic mass is 35.5. The SMILES string of the molecule is Cc1ncc(C(=O)Nc2cc(CNC(C)C)c(Cl)c(C(F)(F)F)c2)cc1-n1cc(-c2cnn(C)c2C)nn1. The zero-order chi connectivity index (χ0) is 27.8. The number of anilines is 1. The molecule has 4 rings (SSSR count). The van der Waals surface area contributed by atoms with E-state index in [4.69, 9.17) is 11.6 Å².